The van der Waals surface area contributed by atoms with E-state index in [4.69, 9.17) is 10.8 Å². The second kappa shape index (κ2) is 4.46. The van der Waals surface area contributed by atoms with Gasteiger partial charge in [-0.1, -0.05) is 0 Å². The SMILES string of the molecule is C/C(N)=N\NC(C)(S)CCO. The molecule has 0 saturated carbocycles. The van der Waals surface area contributed by atoms with E-state index in [0.29, 0.717) is 12.3 Å². The Morgan fingerprint density at radius 1 is 1.82 bits per heavy atom. The summed E-state index contributed by atoms with van der Waals surface area (Å²) in [5.41, 5.74) is 8.01. The van der Waals surface area contributed by atoms with Crippen molar-refractivity contribution < 1.29 is 5.11 Å². The Morgan fingerprint density at radius 3 is 2.73 bits per heavy atom. The lowest BCUT2D eigenvalue weighted by molar-refractivity contribution is 0.262. The van der Waals surface area contributed by atoms with Crippen LogP contribution in [0.5, 0.6) is 0 Å². The number of rotatable bonds is 4. The Kier molecular flexibility index (Phi) is 4.29. The van der Waals surface area contributed by atoms with Crippen LogP contribution in [0.2, 0.25) is 0 Å². The highest BCUT2D eigenvalue weighted by Crippen LogP contribution is 2.12. The average Bonchev–Trinajstić information content (AvgIpc) is 1.84. The fourth-order valence-electron chi connectivity index (χ4n) is 0.482. The predicted octanol–water partition coefficient (Wildman–Crippen LogP) is -0.104. The molecule has 0 saturated heterocycles. The lowest BCUT2D eigenvalue weighted by atomic mass is 10.2. The molecule has 1 unspecified atom stereocenters. The van der Waals surface area contributed by atoms with E-state index in [-0.39, 0.29) is 6.61 Å². The van der Waals surface area contributed by atoms with E-state index in [9.17, 15) is 0 Å². The summed E-state index contributed by atoms with van der Waals surface area (Å²) in [5.74, 6) is 0.447. The molecule has 0 spiro atoms. The number of nitrogens with zero attached hydrogens (tertiary/aromatic N) is 1. The van der Waals surface area contributed by atoms with Crippen molar-refractivity contribution in [2.75, 3.05) is 6.61 Å². The van der Waals surface area contributed by atoms with Gasteiger partial charge in [0.2, 0.25) is 0 Å². The van der Waals surface area contributed by atoms with Crippen molar-refractivity contribution >= 4 is 18.5 Å². The summed E-state index contributed by atoms with van der Waals surface area (Å²) in [4.78, 5) is -0.491. The number of thiol groups is 1. The molecule has 66 valence electrons. The normalized spacial score (nSPS) is 17.6. The molecular weight excluding hydrogens is 162 g/mol. The maximum absolute atomic E-state index is 8.60. The third-order valence-corrected chi connectivity index (χ3v) is 1.40. The number of hydrogen-bond acceptors (Lipinski definition) is 4. The minimum atomic E-state index is -0.491. The van der Waals surface area contributed by atoms with Crippen LogP contribution < -0.4 is 11.2 Å². The van der Waals surface area contributed by atoms with Gasteiger partial charge in [-0.2, -0.15) is 17.7 Å². The van der Waals surface area contributed by atoms with Crippen molar-refractivity contribution in [2.24, 2.45) is 10.8 Å². The first-order chi connectivity index (χ1) is 4.98. The van der Waals surface area contributed by atoms with Gasteiger partial charge in [-0.3, -0.25) is 5.43 Å². The van der Waals surface area contributed by atoms with Crippen molar-refractivity contribution in [1.29, 1.82) is 0 Å². The summed E-state index contributed by atoms with van der Waals surface area (Å²) in [7, 11) is 0. The highest BCUT2D eigenvalue weighted by atomic mass is 32.1. The zero-order valence-electron chi connectivity index (χ0n) is 6.83. The molecule has 0 aromatic rings. The number of aliphatic hydroxyl groups excluding tert-OH is 1. The van der Waals surface area contributed by atoms with Gasteiger partial charge < -0.3 is 10.8 Å². The molecule has 0 bridgehead atoms. The number of hydrazone groups is 1. The van der Waals surface area contributed by atoms with E-state index in [2.05, 4.69) is 23.2 Å². The number of nitrogens with one attached hydrogen (secondary N) is 1. The predicted molar refractivity (Wildman–Crippen MR) is 49.5 cm³/mol. The molecule has 0 heterocycles. The van der Waals surface area contributed by atoms with E-state index in [0.717, 1.165) is 0 Å². The van der Waals surface area contributed by atoms with Crippen LogP contribution in [0.4, 0.5) is 0 Å². The largest absolute Gasteiger partial charge is 0.396 e. The van der Waals surface area contributed by atoms with Crippen molar-refractivity contribution in [3.63, 3.8) is 0 Å². The molecule has 4 nitrogen and oxygen atoms in total. The van der Waals surface area contributed by atoms with E-state index < -0.39 is 4.87 Å². The molecule has 1 atom stereocenters. The first-order valence-corrected chi connectivity index (χ1v) is 3.83. The Hall–Kier alpha value is -0.420. The van der Waals surface area contributed by atoms with Crippen LogP contribution in [-0.2, 0) is 0 Å². The highest BCUT2D eigenvalue weighted by molar-refractivity contribution is 7.81. The van der Waals surface area contributed by atoms with Gasteiger partial charge in [0.15, 0.2) is 0 Å². The Morgan fingerprint density at radius 2 is 2.36 bits per heavy atom. The van der Waals surface area contributed by atoms with Gasteiger partial charge in [0.1, 0.15) is 5.84 Å². The standard InChI is InChI=1S/C6H15N3OS/c1-5(7)8-9-6(2,11)3-4-10/h9-11H,3-4H2,1-2H3,(H2,7,8). The third kappa shape index (κ3) is 6.00. The van der Waals surface area contributed by atoms with Crippen molar-refractivity contribution in [1.82, 2.24) is 5.43 Å². The van der Waals surface area contributed by atoms with Gasteiger partial charge >= 0.3 is 0 Å². The summed E-state index contributed by atoms with van der Waals surface area (Å²) in [6.45, 7) is 3.57. The minimum absolute atomic E-state index is 0.0755. The van der Waals surface area contributed by atoms with Crippen molar-refractivity contribution in [3.05, 3.63) is 0 Å². The van der Waals surface area contributed by atoms with E-state index in [1.807, 2.05) is 6.92 Å². The molecule has 0 aliphatic carbocycles. The quantitative estimate of drug-likeness (QED) is 0.159. The van der Waals surface area contributed by atoms with Gasteiger partial charge in [-0.15, -0.1) is 0 Å². The third-order valence-electron chi connectivity index (χ3n) is 1.07. The second-order valence-corrected chi connectivity index (χ2v) is 3.60. The zero-order valence-corrected chi connectivity index (χ0v) is 7.73. The van der Waals surface area contributed by atoms with Crippen LogP contribution in [0.15, 0.2) is 5.10 Å². The molecule has 0 rings (SSSR count). The van der Waals surface area contributed by atoms with E-state index >= 15 is 0 Å². The molecule has 0 radical (unpaired) electrons. The summed E-state index contributed by atoms with van der Waals surface area (Å²) in [6, 6.07) is 0. The maximum Gasteiger partial charge on any atom is 0.116 e. The van der Waals surface area contributed by atoms with E-state index in [1.165, 1.54) is 0 Å². The number of aliphatic hydroxyl groups is 1. The fourth-order valence-corrected chi connectivity index (χ4v) is 0.632. The van der Waals surface area contributed by atoms with Crippen LogP contribution in [0.1, 0.15) is 20.3 Å². The zero-order chi connectivity index (χ0) is 8.91. The first-order valence-electron chi connectivity index (χ1n) is 3.38. The Labute approximate surface area is 72.3 Å². The molecule has 11 heavy (non-hydrogen) atoms. The first kappa shape index (κ1) is 10.6. The van der Waals surface area contributed by atoms with Gasteiger partial charge in [-0.25, -0.2) is 0 Å². The Balaban J connectivity index is 3.81. The van der Waals surface area contributed by atoms with E-state index in [1.54, 1.807) is 6.92 Å². The smallest absolute Gasteiger partial charge is 0.116 e. The summed E-state index contributed by atoms with van der Waals surface area (Å²) in [5, 5.41) is 12.4. The summed E-state index contributed by atoms with van der Waals surface area (Å²) in [6.07, 6.45) is 0.521. The highest BCUT2D eigenvalue weighted by Gasteiger charge is 2.16. The number of amidine groups is 1. The molecule has 0 aromatic carbocycles. The minimum Gasteiger partial charge on any atom is -0.396 e. The van der Waals surface area contributed by atoms with Gasteiger partial charge in [-0.05, 0) is 13.8 Å². The lowest BCUT2D eigenvalue weighted by Gasteiger charge is -2.21. The molecular formula is C6H15N3OS. The number of nitrogens with two attached hydrogens (primary N) is 1. The molecule has 0 aliphatic heterocycles. The Bertz CT molecular complexity index is 143. The lowest BCUT2D eigenvalue weighted by Crippen LogP contribution is -2.35. The molecule has 0 aromatic heterocycles. The molecule has 4 N–H and O–H groups in total. The van der Waals surface area contributed by atoms with Gasteiger partial charge in [0.05, 0.1) is 4.87 Å². The number of hydrogen-bond donors (Lipinski definition) is 4. The van der Waals surface area contributed by atoms with Gasteiger partial charge in [0.25, 0.3) is 0 Å². The van der Waals surface area contributed by atoms with Crippen molar-refractivity contribution in [3.8, 4) is 0 Å². The molecule has 0 fully saturated rings. The van der Waals surface area contributed by atoms with Crippen LogP contribution >= 0.6 is 12.6 Å². The average molecular weight is 177 g/mol. The molecule has 5 heteroatoms. The van der Waals surface area contributed by atoms with Crippen LogP contribution in [0.3, 0.4) is 0 Å². The van der Waals surface area contributed by atoms with Crippen LogP contribution in [-0.4, -0.2) is 22.4 Å². The topological polar surface area (TPSA) is 70.6 Å². The van der Waals surface area contributed by atoms with Gasteiger partial charge in [0, 0.05) is 13.0 Å². The monoisotopic (exact) mass is 177 g/mol. The molecule has 0 aliphatic rings. The van der Waals surface area contributed by atoms with Crippen molar-refractivity contribution in [2.45, 2.75) is 25.1 Å². The maximum atomic E-state index is 8.60. The summed E-state index contributed by atoms with van der Waals surface area (Å²) >= 11 is 4.21. The second-order valence-electron chi connectivity index (χ2n) is 2.61. The van der Waals surface area contributed by atoms with Crippen LogP contribution in [0, 0.1) is 0 Å². The summed E-state index contributed by atoms with van der Waals surface area (Å²) < 4.78 is 0. The molecule has 0 amide bonds. The fraction of sp³-hybridized carbons (Fsp3) is 0.833. The van der Waals surface area contributed by atoms with Crippen LogP contribution in [0.25, 0.3) is 0 Å².